The molecule has 0 N–H and O–H groups in total. The summed E-state index contributed by atoms with van der Waals surface area (Å²) in [6, 6.07) is 3.52. The summed E-state index contributed by atoms with van der Waals surface area (Å²) in [5.41, 5.74) is 3.40. The van der Waals surface area contributed by atoms with Crippen LogP contribution in [0, 0.1) is 13.8 Å². The van der Waals surface area contributed by atoms with E-state index in [0.717, 1.165) is 21.6 Å². The molecule has 0 atom stereocenters. The van der Waals surface area contributed by atoms with Crippen LogP contribution in [0.4, 0.5) is 0 Å². The summed E-state index contributed by atoms with van der Waals surface area (Å²) < 4.78 is 0. The number of aryl methyl sites for hydroxylation is 2. The lowest BCUT2D eigenvalue weighted by molar-refractivity contribution is -0.152. The van der Waals surface area contributed by atoms with Crippen LogP contribution in [-0.4, -0.2) is 39.6 Å². The van der Waals surface area contributed by atoms with Gasteiger partial charge in [0.2, 0.25) is 0 Å². The van der Waals surface area contributed by atoms with Gasteiger partial charge in [0, 0.05) is 17.6 Å². The van der Waals surface area contributed by atoms with Gasteiger partial charge < -0.3 is 4.90 Å². The van der Waals surface area contributed by atoms with Crippen molar-refractivity contribution in [3.63, 3.8) is 0 Å². The number of carbonyl (C=O) groups excluding carboxylic acids is 3. The topological polar surface area (TPSA) is 57.7 Å². The van der Waals surface area contributed by atoms with Gasteiger partial charge in [-0.25, -0.2) is 0 Å². The minimum absolute atomic E-state index is 0.101. The molecule has 0 unspecified atom stereocenters. The summed E-state index contributed by atoms with van der Waals surface area (Å²) >= 11 is 0. The molecule has 1 aromatic carbocycles. The number of benzene rings is 1. The molecule has 0 fully saturated rings. The molecular formula is C18H24N2O3. The molecule has 2 rings (SSSR count). The van der Waals surface area contributed by atoms with Gasteiger partial charge in [-0.1, -0.05) is 6.07 Å². The maximum absolute atomic E-state index is 12.6. The zero-order chi connectivity index (χ0) is 17.5. The second-order valence-corrected chi connectivity index (χ2v) is 6.69. The lowest BCUT2D eigenvalue weighted by Gasteiger charge is -2.31. The van der Waals surface area contributed by atoms with Crippen LogP contribution in [-0.2, 0) is 16.1 Å². The third kappa shape index (κ3) is 3.00. The Morgan fingerprint density at radius 1 is 1.04 bits per heavy atom. The van der Waals surface area contributed by atoms with Gasteiger partial charge in [0.25, 0.3) is 5.91 Å². The highest BCUT2D eigenvalue weighted by molar-refractivity contribution is 6.38. The third-order valence-electron chi connectivity index (χ3n) is 4.30. The first-order valence-corrected chi connectivity index (χ1v) is 7.93. The van der Waals surface area contributed by atoms with Gasteiger partial charge in [0.1, 0.15) is 0 Å². The van der Waals surface area contributed by atoms with E-state index >= 15 is 0 Å². The smallest absolute Gasteiger partial charge is 0.319 e. The first-order chi connectivity index (χ1) is 10.6. The highest BCUT2D eigenvalue weighted by Gasteiger charge is 2.38. The standard InChI is InChI=1S/C18H24N2O3/c1-10(2)20(11(3)4)18(23)17(22)19-9-14-7-12(5)13(6)8-15(14)16(19)21/h7-8,10-11H,9H2,1-6H3. The molecule has 0 saturated carbocycles. The molecule has 0 aromatic heterocycles. The van der Waals surface area contributed by atoms with Crippen molar-refractivity contribution in [2.75, 3.05) is 0 Å². The van der Waals surface area contributed by atoms with Gasteiger partial charge in [-0.05, 0) is 64.3 Å². The van der Waals surface area contributed by atoms with E-state index in [2.05, 4.69) is 0 Å². The van der Waals surface area contributed by atoms with Crippen LogP contribution in [0.5, 0.6) is 0 Å². The summed E-state index contributed by atoms with van der Waals surface area (Å²) in [6.07, 6.45) is 0. The van der Waals surface area contributed by atoms with Crippen molar-refractivity contribution in [3.05, 3.63) is 34.4 Å². The summed E-state index contributed by atoms with van der Waals surface area (Å²) in [5, 5.41) is 0. The monoisotopic (exact) mass is 316 g/mol. The minimum Gasteiger partial charge on any atom is -0.330 e. The Bertz CT molecular complexity index is 669. The Labute approximate surface area is 137 Å². The van der Waals surface area contributed by atoms with E-state index < -0.39 is 11.8 Å². The van der Waals surface area contributed by atoms with Crippen LogP contribution in [0.3, 0.4) is 0 Å². The van der Waals surface area contributed by atoms with Gasteiger partial charge >= 0.3 is 11.8 Å². The fourth-order valence-electron chi connectivity index (χ4n) is 3.05. The van der Waals surface area contributed by atoms with Crippen LogP contribution in [0.25, 0.3) is 0 Å². The number of hydrogen-bond donors (Lipinski definition) is 0. The van der Waals surface area contributed by atoms with E-state index in [-0.39, 0.29) is 24.5 Å². The number of nitrogens with zero attached hydrogens (tertiary/aromatic N) is 2. The molecule has 0 spiro atoms. The number of carbonyl (C=O) groups is 3. The SMILES string of the molecule is Cc1cc2c(cc1C)C(=O)N(C(=O)C(=O)N(C(C)C)C(C)C)C2. The Hall–Kier alpha value is -2.17. The normalized spacial score (nSPS) is 13.7. The van der Waals surface area contributed by atoms with E-state index in [0.29, 0.717) is 5.56 Å². The predicted molar refractivity (Wildman–Crippen MR) is 87.9 cm³/mol. The molecule has 0 saturated heterocycles. The molecule has 1 aliphatic rings. The quantitative estimate of drug-likeness (QED) is 0.787. The molecule has 3 amide bonds. The second-order valence-electron chi connectivity index (χ2n) is 6.69. The molecule has 1 heterocycles. The number of amides is 3. The molecule has 23 heavy (non-hydrogen) atoms. The summed E-state index contributed by atoms with van der Waals surface area (Å²) in [7, 11) is 0. The zero-order valence-corrected chi connectivity index (χ0v) is 14.6. The fraction of sp³-hybridized carbons (Fsp3) is 0.500. The highest BCUT2D eigenvalue weighted by atomic mass is 16.2. The van der Waals surface area contributed by atoms with E-state index in [1.165, 1.54) is 4.90 Å². The van der Waals surface area contributed by atoms with E-state index in [1.807, 2.05) is 47.6 Å². The number of hydrogen-bond acceptors (Lipinski definition) is 3. The summed E-state index contributed by atoms with van der Waals surface area (Å²) in [5.74, 6) is -1.75. The summed E-state index contributed by atoms with van der Waals surface area (Å²) in [4.78, 5) is 40.2. The molecule has 0 bridgehead atoms. The number of imide groups is 1. The lowest BCUT2D eigenvalue weighted by atomic mass is 10.0. The molecule has 0 radical (unpaired) electrons. The van der Waals surface area contributed by atoms with E-state index in [1.54, 1.807) is 6.07 Å². The van der Waals surface area contributed by atoms with Gasteiger partial charge in [-0.15, -0.1) is 0 Å². The van der Waals surface area contributed by atoms with Crippen molar-refractivity contribution in [3.8, 4) is 0 Å². The first-order valence-electron chi connectivity index (χ1n) is 7.93. The Morgan fingerprint density at radius 3 is 2.09 bits per heavy atom. The van der Waals surface area contributed by atoms with E-state index in [9.17, 15) is 14.4 Å². The Morgan fingerprint density at radius 2 is 1.57 bits per heavy atom. The molecule has 124 valence electrons. The van der Waals surface area contributed by atoms with Gasteiger partial charge in [0.05, 0.1) is 6.54 Å². The molecule has 0 aliphatic carbocycles. The average molecular weight is 316 g/mol. The van der Waals surface area contributed by atoms with Crippen molar-refractivity contribution < 1.29 is 14.4 Å². The second kappa shape index (κ2) is 6.14. The van der Waals surface area contributed by atoms with Crippen molar-refractivity contribution in [2.45, 2.75) is 60.2 Å². The third-order valence-corrected chi connectivity index (χ3v) is 4.30. The molecular weight excluding hydrogens is 292 g/mol. The predicted octanol–water partition coefficient (Wildman–Crippen LogP) is 2.43. The first kappa shape index (κ1) is 17.2. The van der Waals surface area contributed by atoms with Crippen LogP contribution in [0.2, 0.25) is 0 Å². The van der Waals surface area contributed by atoms with Crippen molar-refractivity contribution in [1.82, 2.24) is 9.80 Å². The maximum Gasteiger partial charge on any atom is 0.319 e. The fourth-order valence-corrected chi connectivity index (χ4v) is 3.05. The molecule has 1 aromatic rings. The van der Waals surface area contributed by atoms with Crippen molar-refractivity contribution >= 4 is 17.7 Å². The van der Waals surface area contributed by atoms with Gasteiger partial charge in [0.15, 0.2) is 0 Å². The van der Waals surface area contributed by atoms with Crippen molar-refractivity contribution in [1.29, 1.82) is 0 Å². The van der Waals surface area contributed by atoms with Crippen LogP contribution in [0.1, 0.15) is 54.7 Å². The minimum atomic E-state index is -0.746. The van der Waals surface area contributed by atoms with Crippen LogP contribution < -0.4 is 0 Å². The lowest BCUT2D eigenvalue weighted by Crippen LogP contribution is -2.50. The maximum atomic E-state index is 12.6. The highest BCUT2D eigenvalue weighted by Crippen LogP contribution is 2.26. The number of rotatable bonds is 2. The molecule has 1 aliphatic heterocycles. The van der Waals surface area contributed by atoms with Crippen LogP contribution >= 0.6 is 0 Å². The largest absolute Gasteiger partial charge is 0.330 e. The van der Waals surface area contributed by atoms with Gasteiger partial charge in [-0.3, -0.25) is 19.3 Å². The molecule has 5 heteroatoms. The average Bonchev–Trinajstić information content (AvgIpc) is 2.75. The van der Waals surface area contributed by atoms with Gasteiger partial charge in [-0.2, -0.15) is 0 Å². The Kier molecular flexibility index (Phi) is 4.59. The summed E-state index contributed by atoms with van der Waals surface area (Å²) in [6.45, 7) is 11.5. The number of fused-ring (bicyclic) bond motifs is 1. The van der Waals surface area contributed by atoms with E-state index in [4.69, 9.17) is 0 Å². The molecule has 5 nitrogen and oxygen atoms in total. The Balaban J connectivity index is 2.29. The van der Waals surface area contributed by atoms with Crippen LogP contribution in [0.15, 0.2) is 12.1 Å². The zero-order valence-electron chi connectivity index (χ0n) is 14.6. The van der Waals surface area contributed by atoms with Crippen molar-refractivity contribution in [2.24, 2.45) is 0 Å².